The minimum absolute atomic E-state index is 0.300. The molecule has 92 valence electrons. The van der Waals surface area contributed by atoms with Crippen molar-refractivity contribution in [2.45, 2.75) is 44.7 Å². The van der Waals surface area contributed by atoms with Crippen molar-refractivity contribution in [1.82, 2.24) is 4.90 Å². The maximum absolute atomic E-state index is 11.5. The molecule has 0 spiro atoms. The maximum atomic E-state index is 11.5. The Morgan fingerprint density at radius 3 is 2.12 bits per heavy atom. The topological polar surface area (TPSA) is 40.5 Å². The number of benzene rings is 1. The minimum atomic E-state index is -0.834. The van der Waals surface area contributed by atoms with Crippen molar-refractivity contribution in [3.05, 3.63) is 35.9 Å². The Bertz CT molecular complexity index is 416. The zero-order valence-electron chi connectivity index (χ0n) is 10.6. The molecule has 0 heterocycles. The van der Waals surface area contributed by atoms with Crippen molar-refractivity contribution in [3.8, 4) is 0 Å². The van der Waals surface area contributed by atoms with Gasteiger partial charge in [0.15, 0.2) is 0 Å². The van der Waals surface area contributed by atoms with Gasteiger partial charge in [0.05, 0.1) is 5.54 Å². The van der Waals surface area contributed by atoms with E-state index in [0.717, 1.165) is 18.4 Å². The predicted molar refractivity (Wildman–Crippen MR) is 67.0 cm³/mol. The number of carboxylic acid groups (broad SMARTS) is 1. The van der Waals surface area contributed by atoms with Gasteiger partial charge in [-0.2, -0.15) is 0 Å². The number of hydrogen-bond donors (Lipinski definition) is 1. The van der Waals surface area contributed by atoms with E-state index in [9.17, 15) is 9.90 Å². The quantitative estimate of drug-likeness (QED) is 0.849. The van der Waals surface area contributed by atoms with Crippen LogP contribution in [0, 0.1) is 0 Å². The standard InChI is InChI=1S/C14H19NO2/c1-13(2,3)15(12(16)17)14(9-10-14)11-7-5-4-6-8-11/h4-8H,9-10H2,1-3H3,(H,16,17). The molecule has 0 unspecified atom stereocenters. The average Bonchev–Trinajstić information content (AvgIpc) is 2.98. The SMILES string of the molecule is CC(C)(C)N(C(=O)O)C1(c2ccccc2)CC1. The van der Waals surface area contributed by atoms with Crippen molar-refractivity contribution in [1.29, 1.82) is 0 Å². The fourth-order valence-corrected chi connectivity index (χ4v) is 2.62. The summed E-state index contributed by atoms with van der Waals surface area (Å²) in [5.74, 6) is 0. The number of carbonyl (C=O) groups is 1. The first-order valence-electron chi connectivity index (χ1n) is 5.97. The summed E-state index contributed by atoms with van der Waals surface area (Å²) < 4.78 is 0. The summed E-state index contributed by atoms with van der Waals surface area (Å²) in [5, 5.41) is 9.47. The number of hydrogen-bond acceptors (Lipinski definition) is 1. The molecular weight excluding hydrogens is 214 g/mol. The van der Waals surface area contributed by atoms with Gasteiger partial charge >= 0.3 is 6.09 Å². The van der Waals surface area contributed by atoms with E-state index >= 15 is 0 Å². The molecule has 0 saturated heterocycles. The van der Waals surface area contributed by atoms with Gasteiger partial charge in [-0.05, 0) is 39.2 Å². The van der Waals surface area contributed by atoms with Crippen molar-refractivity contribution >= 4 is 6.09 Å². The zero-order chi connectivity index (χ0) is 12.7. The molecule has 1 aliphatic rings. The molecule has 0 atom stereocenters. The summed E-state index contributed by atoms with van der Waals surface area (Å²) in [6, 6.07) is 9.95. The van der Waals surface area contributed by atoms with Crippen molar-refractivity contribution < 1.29 is 9.90 Å². The number of nitrogens with zero attached hydrogens (tertiary/aromatic N) is 1. The summed E-state index contributed by atoms with van der Waals surface area (Å²) in [7, 11) is 0. The third-order valence-corrected chi connectivity index (χ3v) is 3.32. The van der Waals surface area contributed by atoms with E-state index in [-0.39, 0.29) is 11.1 Å². The molecule has 0 aliphatic heterocycles. The largest absolute Gasteiger partial charge is 0.465 e. The molecular formula is C14H19NO2. The lowest BCUT2D eigenvalue weighted by molar-refractivity contribution is 0.0595. The second-order valence-electron chi connectivity index (χ2n) is 5.69. The fourth-order valence-electron chi connectivity index (χ4n) is 2.62. The van der Waals surface area contributed by atoms with E-state index in [1.807, 2.05) is 51.1 Å². The molecule has 17 heavy (non-hydrogen) atoms. The lowest BCUT2D eigenvalue weighted by atomic mass is 9.96. The van der Waals surface area contributed by atoms with Crippen LogP contribution in [0.5, 0.6) is 0 Å². The van der Waals surface area contributed by atoms with Crippen LogP contribution < -0.4 is 0 Å². The van der Waals surface area contributed by atoms with Gasteiger partial charge in [-0.3, -0.25) is 4.90 Å². The van der Waals surface area contributed by atoms with E-state index in [2.05, 4.69) is 0 Å². The van der Waals surface area contributed by atoms with E-state index in [0.29, 0.717) is 0 Å². The molecule has 1 fully saturated rings. The summed E-state index contributed by atoms with van der Waals surface area (Å²) in [6.07, 6.45) is 1.00. The van der Waals surface area contributed by atoms with Gasteiger partial charge in [0.1, 0.15) is 0 Å². The minimum Gasteiger partial charge on any atom is -0.465 e. The number of rotatable bonds is 2. The monoisotopic (exact) mass is 233 g/mol. The normalized spacial score (nSPS) is 17.6. The van der Waals surface area contributed by atoms with Crippen LogP contribution in [0.3, 0.4) is 0 Å². The first kappa shape index (κ1) is 12.0. The lowest BCUT2D eigenvalue weighted by Crippen LogP contribution is -2.51. The Labute approximate surface area is 102 Å². The molecule has 3 nitrogen and oxygen atoms in total. The fraction of sp³-hybridized carbons (Fsp3) is 0.500. The Morgan fingerprint density at radius 2 is 1.76 bits per heavy atom. The predicted octanol–water partition coefficient (Wildman–Crippen LogP) is 3.45. The van der Waals surface area contributed by atoms with Crippen LogP contribution in [0.4, 0.5) is 4.79 Å². The Hall–Kier alpha value is -1.51. The summed E-state index contributed by atoms with van der Waals surface area (Å²) >= 11 is 0. The molecule has 0 bridgehead atoms. The highest BCUT2D eigenvalue weighted by atomic mass is 16.4. The summed E-state index contributed by atoms with van der Waals surface area (Å²) in [4.78, 5) is 13.1. The molecule has 1 amide bonds. The second-order valence-corrected chi connectivity index (χ2v) is 5.69. The summed E-state index contributed by atoms with van der Waals surface area (Å²) in [6.45, 7) is 5.85. The van der Waals surface area contributed by atoms with Gasteiger partial charge in [0, 0.05) is 5.54 Å². The highest BCUT2D eigenvalue weighted by molar-refractivity contribution is 5.68. The van der Waals surface area contributed by atoms with Gasteiger partial charge in [-0.25, -0.2) is 4.79 Å². The van der Waals surface area contributed by atoms with Gasteiger partial charge < -0.3 is 5.11 Å². The molecule has 1 aliphatic carbocycles. The van der Waals surface area contributed by atoms with Crippen molar-refractivity contribution in [2.24, 2.45) is 0 Å². The zero-order valence-corrected chi connectivity index (χ0v) is 10.6. The summed E-state index contributed by atoms with van der Waals surface area (Å²) in [5.41, 5.74) is 0.432. The first-order valence-corrected chi connectivity index (χ1v) is 5.97. The Kier molecular flexibility index (Phi) is 2.64. The van der Waals surface area contributed by atoms with Gasteiger partial charge in [-0.15, -0.1) is 0 Å². The van der Waals surface area contributed by atoms with Gasteiger partial charge in [-0.1, -0.05) is 30.3 Å². The first-order chi connectivity index (χ1) is 7.88. The van der Waals surface area contributed by atoms with Crippen LogP contribution in [0.2, 0.25) is 0 Å². The highest BCUT2D eigenvalue weighted by Crippen LogP contribution is 2.53. The Balaban J connectivity index is 2.41. The maximum Gasteiger partial charge on any atom is 0.408 e. The van der Waals surface area contributed by atoms with Crippen LogP contribution in [0.15, 0.2) is 30.3 Å². The van der Waals surface area contributed by atoms with Gasteiger partial charge in [0.25, 0.3) is 0 Å². The van der Waals surface area contributed by atoms with Gasteiger partial charge in [0.2, 0.25) is 0 Å². The van der Waals surface area contributed by atoms with E-state index < -0.39 is 6.09 Å². The van der Waals surface area contributed by atoms with Crippen LogP contribution in [0.25, 0.3) is 0 Å². The highest BCUT2D eigenvalue weighted by Gasteiger charge is 2.55. The lowest BCUT2D eigenvalue weighted by Gasteiger charge is -2.40. The van der Waals surface area contributed by atoms with Crippen LogP contribution >= 0.6 is 0 Å². The van der Waals surface area contributed by atoms with E-state index in [4.69, 9.17) is 0 Å². The molecule has 1 aromatic rings. The third-order valence-electron chi connectivity index (χ3n) is 3.32. The van der Waals surface area contributed by atoms with Crippen LogP contribution in [-0.2, 0) is 5.54 Å². The average molecular weight is 233 g/mol. The number of amides is 1. The molecule has 1 aromatic carbocycles. The van der Waals surface area contributed by atoms with Crippen LogP contribution in [-0.4, -0.2) is 21.6 Å². The molecule has 1 saturated carbocycles. The van der Waals surface area contributed by atoms with Crippen molar-refractivity contribution in [2.75, 3.05) is 0 Å². The third kappa shape index (κ3) is 2.02. The molecule has 0 radical (unpaired) electrons. The Morgan fingerprint density at radius 1 is 1.24 bits per heavy atom. The molecule has 2 rings (SSSR count). The molecule has 1 N–H and O–H groups in total. The van der Waals surface area contributed by atoms with E-state index in [1.165, 1.54) is 0 Å². The van der Waals surface area contributed by atoms with E-state index in [1.54, 1.807) is 4.90 Å². The molecule has 0 aromatic heterocycles. The van der Waals surface area contributed by atoms with Crippen molar-refractivity contribution in [3.63, 3.8) is 0 Å². The smallest absolute Gasteiger partial charge is 0.408 e. The van der Waals surface area contributed by atoms with Crippen LogP contribution in [0.1, 0.15) is 39.2 Å². The second kappa shape index (κ2) is 3.76. The molecule has 3 heteroatoms.